The van der Waals surface area contributed by atoms with Crippen LogP contribution in [-0.4, -0.2) is 20.1 Å². The Kier molecular flexibility index (Phi) is 4.77. The Hall–Kier alpha value is -2.56. The molecule has 1 amide bonds. The summed E-state index contributed by atoms with van der Waals surface area (Å²) in [7, 11) is 3.06. The van der Waals surface area contributed by atoms with Crippen molar-refractivity contribution in [3.63, 3.8) is 0 Å². The Morgan fingerprint density at radius 3 is 2.62 bits per heavy atom. The monoisotopic (exact) mass is 289 g/mol. The van der Waals surface area contributed by atoms with E-state index in [0.29, 0.717) is 22.7 Å². The van der Waals surface area contributed by atoms with E-state index in [1.165, 1.54) is 19.2 Å². The van der Waals surface area contributed by atoms with Crippen LogP contribution in [0.1, 0.15) is 5.56 Å². The number of carbonyl (C=O) groups excluding carboxylic acids is 1. The molecule has 110 valence electrons. The highest BCUT2D eigenvalue weighted by atomic mass is 19.1. The number of benzene rings is 2. The first-order chi connectivity index (χ1) is 10.1. The average Bonchev–Trinajstić information content (AvgIpc) is 2.47. The average molecular weight is 289 g/mol. The summed E-state index contributed by atoms with van der Waals surface area (Å²) in [5.41, 5.74) is 1.12. The van der Waals surface area contributed by atoms with Crippen LogP contribution in [0.25, 0.3) is 0 Å². The maximum atomic E-state index is 13.1. The molecule has 0 aliphatic carbocycles. The molecule has 0 saturated heterocycles. The van der Waals surface area contributed by atoms with Gasteiger partial charge in [0.2, 0.25) is 5.91 Å². The molecular weight excluding hydrogens is 273 g/mol. The second-order valence-corrected chi connectivity index (χ2v) is 4.42. The van der Waals surface area contributed by atoms with Crippen molar-refractivity contribution in [1.82, 2.24) is 0 Å². The van der Waals surface area contributed by atoms with Gasteiger partial charge in [-0.3, -0.25) is 4.79 Å². The van der Waals surface area contributed by atoms with Crippen LogP contribution in [0, 0.1) is 5.82 Å². The van der Waals surface area contributed by atoms with Crippen LogP contribution in [0.15, 0.2) is 42.5 Å². The molecule has 2 rings (SSSR count). The fraction of sp³-hybridized carbons (Fsp3) is 0.188. The van der Waals surface area contributed by atoms with Crippen molar-refractivity contribution in [2.24, 2.45) is 0 Å². The quantitative estimate of drug-likeness (QED) is 0.920. The van der Waals surface area contributed by atoms with Gasteiger partial charge in [0.25, 0.3) is 0 Å². The fourth-order valence-corrected chi connectivity index (χ4v) is 1.94. The molecule has 0 aliphatic rings. The van der Waals surface area contributed by atoms with Crippen molar-refractivity contribution in [2.45, 2.75) is 6.42 Å². The minimum absolute atomic E-state index is 0.0815. The third-order valence-corrected chi connectivity index (χ3v) is 2.93. The third-order valence-electron chi connectivity index (χ3n) is 2.93. The van der Waals surface area contributed by atoms with E-state index in [-0.39, 0.29) is 18.1 Å². The molecule has 4 nitrogen and oxygen atoms in total. The van der Waals surface area contributed by atoms with Gasteiger partial charge in [0.15, 0.2) is 0 Å². The van der Waals surface area contributed by atoms with Gasteiger partial charge >= 0.3 is 0 Å². The Morgan fingerprint density at radius 2 is 1.95 bits per heavy atom. The number of hydrogen-bond acceptors (Lipinski definition) is 3. The predicted octanol–water partition coefficient (Wildman–Crippen LogP) is 3.02. The largest absolute Gasteiger partial charge is 0.497 e. The van der Waals surface area contributed by atoms with E-state index in [0.717, 1.165) is 0 Å². The van der Waals surface area contributed by atoms with E-state index in [1.807, 2.05) is 0 Å². The zero-order valence-electron chi connectivity index (χ0n) is 11.9. The summed E-state index contributed by atoms with van der Waals surface area (Å²) in [6.07, 6.45) is 0.0815. The molecule has 0 saturated carbocycles. The minimum Gasteiger partial charge on any atom is -0.497 e. The van der Waals surface area contributed by atoms with Gasteiger partial charge in [-0.25, -0.2) is 4.39 Å². The van der Waals surface area contributed by atoms with Crippen molar-refractivity contribution >= 4 is 11.6 Å². The number of hydrogen-bond donors (Lipinski definition) is 1. The lowest BCUT2D eigenvalue weighted by Gasteiger charge is -2.11. The van der Waals surface area contributed by atoms with Crippen molar-refractivity contribution in [3.05, 3.63) is 53.8 Å². The topological polar surface area (TPSA) is 47.6 Å². The normalized spacial score (nSPS) is 10.0. The van der Waals surface area contributed by atoms with Gasteiger partial charge in [-0.05, 0) is 29.8 Å². The number of halogens is 1. The summed E-state index contributed by atoms with van der Waals surface area (Å²) in [6, 6.07) is 11.1. The first kappa shape index (κ1) is 14.8. The minimum atomic E-state index is -0.362. The lowest BCUT2D eigenvalue weighted by atomic mass is 10.1. The molecular formula is C16H16FNO3. The molecule has 0 bridgehead atoms. The molecule has 5 heteroatoms. The number of methoxy groups -OCH3 is 2. The molecule has 2 aromatic rings. The Morgan fingerprint density at radius 1 is 1.14 bits per heavy atom. The molecule has 0 spiro atoms. The van der Waals surface area contributed by atoms with Gasteiger partial charge < -0.3 is 14.8 Å². The highest BCUT2D eigenvalue weighted by molar-refractivity contribution is 5.93. The van der Waals surface area contributed by atoms with Crippen molar-refractivity contribution in [1.29, 1.82) is 0 Å². The van der Waals surface area contributed by atoms with Crippen LogP contribution in [0.5, 0.6) is 11.5 Å². The van der Waals surface area contributed by atoms with Crippen molar-refractivity contribution in [2.75, 3.05) is 19.5 Å². The molecule has 21 heavy (non-hydrogen) atoms. The van der Waals surface area contributed by atoms with Crippen molar-refractivity contribution in [3.8, 4) is 11.5 Å². The molecule has 0 heterocycles. The van der Waals surface area contributed by atoms with Crippen LogP contribution in [0.4, 0.5) is 10.1 Å². The van der Waals surface area contributed by atoms with Crippen LogP contribution in [-0.2, 0) is 11.2 Å². The SMILES string of the molecule is COc1ccc(OC)c(NC(=O)Cc2cccc(F)c2)c1. The number of rotatable bonds is 5. The zero-order chi connectivity index (χ0) is 15.2. The van der Waals surface area contributed by atoms with Crippen LogP contribution < -0.4 is 14.8 Å². The lowest BCUT2D eigenvalue weighted by molar-refractivity contribution is -0.115. The maximum absolute atomic E-state index is 13.1. The van der Waals surface area contributed by atoms with Crippen LogP contribution in [0.3, 0.4) is 0 Å². The summed E-state index contributed by atoms with van der Waals surface area (Å²) in [4.78, 5) is 12.0. The lowest BCUT2D eigenvalue weighted by Crippen LogP contribution is -2.15. The molecule has 0 unspecified atom stereocenters. The number of carbonyl (C=O) groups is 1. The number of anilines is 1. The van der Waals surface area contributed by atoms with Gasteiger partial charge in [0.1, 0.15) is 17.3 Å². The standard InChI is InChI=1S/C16H16FNO3/c1-20-13-6-7-15(21-2)14(10-13)18-16(19)9-11-4-3-5-12(17)8-11/h3-8,10H,9H2,1-2H3,(H,18,19). The van der Waals surface area contributed by atoms with Crippen molar-refractivity contribution < 1.29 is 18.7 Å². The van der Waals surface area contributed by atoms with Gasteiger partial charge in [0.05, 0.1) is 26.3 Å². The maximum Gasteiger partial charge on any atom is 0.228 e. The summed E-state index contributed by atoms with van der Waals surface area (Å²) in [5.74, 6) is 0.520. The fourth-order valence-electron chi connectivity index (χ4n) is 1.94. The van der Waals surface area contributed by atoms with E-state index in [4.69, 9.17) is 9.47 Å². The highest BCUT2D eigenvalue weighted by Gasteiger charge is 2.10. The summed E-state index contributed by atoms with van der Waals surface area (Å²) >= 11 is 0. The predicted molar refractivity (Wildman–Crippen MR) is 78.3 cm³/mol. The molecule has 0 radical (unpaired) electrons. The van der Waals surface area contributed by atoms with E-state index >= 15 is 0 Å². The Balaban J connectivity index is 2.12. The summed E-state index contributed by atoms with van der Waals surface area (Å²) in [6.45, 7) is 0. The first-order valence-electron chi connectivity index (χ1n) is 6.38. The van der Waals surface area contributed by atoms with Gasteiger partial charge in [-0.2, -0.15) is 0 Å². The van der Waals surface area contributed by atoms with Gasteiger partial charge in [0, 0.05) is 6.07 Å². The smallest absolute Gasteiger partial charge is 0.228 e. The number of nitrogens with one attached hydrogen (secondary N) is 1. The van der Waals surface area contributed by atoms with E-state index in [1.54, 1.807) is 37.4 Å². The molecule has 0 aromatic heterocycles. The number of ether oxygens (including phenoxy) is 2. The first-order valence-corrected chi connectivity index (χ1v) is 6.38. The molecule has 0 fully saturated rings. The number of amides is 1. The molecule has 0 atom stereocenters. The van der Waals surface area contributed by atoms with Gasteiger partial charge in [-0.15, -0.1) is 0 Å². The Labute approximate surface area is 122 Å². The second-order valence-electron chi connectivity index (χ2n) is 4.42. The van der Waals surface area contributed by atoms with Gasteiger partial charge in [-0.1, -0.05) is 12.1 Å². The third kappa shape index (κ3) is 3.95. The Bertz CT molecular complexity index is 643. The van der Waals surface area contributed by atoms with Crippen LogP contribution in [0.2, 0.25) is 0 Å². The van der Waals surface area contributed by atoms with E-state index in [2.05, 4.69) is 5.32 Å². The molecule has 2 aromatic carbocycles. The highest BCUT2D eigenvalue weighted by Crippen LogP contribution is 2.28. The zero-order valence-corrected chi connectivity index (χ0v) is 11.9. The molecule has 0 aliphatic heterocycles. The molecule has 1 N–H and O–H groups in total. The van der Waals surface area contributed by atoms with E-state index < -0.39 is 0 Å². The van der Waals surface area contributed by atoms with Crippen LogP contribution >= 0.6 is 0 Å². The second kappa shape index (κ2) is 6.74. The van der Waals surface area contributed by atoms with E-state index in [9.17, 15) is 9.18 Å². The summed E-state index contributed by atoms with van der Waals surface area (Å²) in [5, 5.41) is 2.74. The summed E-state index contributed by atoms with van der Waals surface area (Å²) < 4.78 is 23.4.